The Bertz CT molecular complexity index is 828. The van der Waals surface area contributed by atoms with Crippen LogP contribution in [0.15, 0.2) is 85.2 Å². The van der Waals surface area contributed by atoms with Gasteiger partial charge in [0, 0.05) is 31.0 Å². The van der Waals surface area contributed by atoms with Crippen molar-refractivity contribution in [3.05, 3.63) is 102 Å². The molecule has 1 heterocycles. The summed E-state index contributed by atoms with van der Waals surface area (Å²) in [4.78, 5) is 28.7. The van der Waals surface area contributed by atoms with E-state index in [1.165, 1.54) is 0 Å². The molecular weight excluding hydrogens is 338 g/mol. The average Bonchev–Trinajstić information content (AvgIpc) is 2.73. The van der Waals surface area contributed by atoms with Gasteiger partial charge in [-0.25, -0.2) is 0 Å². The first-order valence-corrected chi connectivity index (χ1v) is 8.81. The Hall–Kier alpha value is -3.47. The predicted octanol–water partition coefficient (Wildman–Crippen LogP) is 2.76. The number of carbonyl (C=O) groups is 2. The fraction of sp³-hybridized carbons (Fsp3) is 0.136. The van der Waals surface area contributed by atoms with Gasteiger partial charge in [-0.3, -0.25) is 14.6 Å². The zero-order valence-corrected chi connectivity index (χ0v) is 14.8. The summed E-state index contributed by atoms with van der Waals surface area (Å²) in [6.07, 6.45) is 3.14. The molecule has 5 nitrogen and oxygen atoms in total. The average molecular weight is 359 g/mol. The SMILES string of the molecule is O=C(NCCNC(=O)C(c1ccccc1)c1ccccc1)c1ccncc1. The summed E-state index contributed by atoms with van der Waals surface area (Å²) in [6.45, 7) is 0.703. The summed E-state index contributed by atoms with van der Waals surface area (Å²) in [5, 5.41) is 5.71. The van der Waals surface area contributed by atoms with E-state index in [1.807, 2.05) is 60.7 Å². The molecule has 27 heavy (non-hydrogen) atoms. The highest BCUT2D eigenvalue weighted by Crippen LogP contribution is 2.24. The maximum atomic E-state index is 12.8. The van der Waals surface area contributed by atoms with E-state index in [0.717, 1.165) is 11.1 Å². The van der Waals surface area contributed by atoms with Crippen LogP contribution in [0.2, 0.25) is 0 Å². The highest BCUT2D eigenvalue weighted by Gasteiger charge is 2.22. The summed E-state index contributed by atoms with van der Waals surface area (Å²) < 4.78 is 0. The van der Waals surface area contributed by atoms with E-state index in [2.05, 4.69) is 15.6 Å². The molecule has 0 spiro atoms. The van der Waals surface area contributed by atoms with Gasteiger partial charge in [-0.15, -0.1) is 0 Å². The second kappa shape index (κ2) is 9.29. The van der Waals surface area contributed by atoms with Gasteiger partial charge in [0.2, 0.25) is 5.91 Å². The van der Waals surface area contributed by atoms with Crippen molar-refractivity contribution in [2.75, 3.05) is 13.1 Å². The molecule has 2 N–H and O–H groups in total. The number of carbonyl (C=O) groups excluding carboxylic acids is 2. The molecule has 0 saturated carbocycles. The number of benzene rings is 2. The molecule has 0 unspecified atom stereocenters. The van der Waals surface area contributed by atoms with E-state index in [9.17, 15) is 9.59 Å². The van der Waals surface area contributed by atoms with Crippen molar-refractivity contribution in [3.8, 4) is 0 Å². The molecule has 5 heteroatoms. The Labute approximate surface area is 158 Å². The number of pyridine rings is 1. The molecule has 2 amide bonds. The molecular formula is C22H21N3O2. The largest absolute Gasteiger partial charge is 0.354 e. The number of nitrogens with zero attached hydrogens (tertiary/aromatic N) is 1. The molecule has 3 aromatic rings. The molecule has 0 aliphatic rings. The number of rotatable bonds is 7. The Kier molecular flexibility index (Phi) is 6.30. The molecule has 1 aromatic heterocycles. The van der Waals surface area contributed by atoms with E-state index in [1.54, 1.807) is 24.5 Å². The molecule has 0 fully saturated rings. The topological polar surface area (TPSA) is 71.1 Å². The highest BCUT2D eigenvalue weighted by atomic mass is 16.2. The number of aromatic nitrogens is 1. The van der Waals surface area contributed by atoms with Gasteiger partial charge in [0.1, 0.15) is 0 Å². The molecule has 0 atom stereocenters. The van der Waals surface area contributed by atoms with Crippen LogP contribution in [-0.4, -0.2) is 29.9 Å². The molecule has 0 bridgehead atoms. The van der Waals surface area contributed by atoms with Crippen LogP contribution in [0.5, 0.6) is 0 Å². The molecule has 2 aromatic carbocycles. The number of amides is 2. The summed E-state index contributed by atoms with van der Waals surface area (Å²) >= 11 is 0. The van der Waals surface area contributed by atoms with Crippen molar-refractivity contribution >= 4 is 11.8 Å². The number of hydrogen-bond acceptors (Lipinski definition) is 3. The van der Waals surface area contributed by atoms with Gasteiger partial charge < -0.3 is 10.6 Å². The van der Waals surface area contributed by atoms with Crippen LogP contribution < -0.4 is 10.6 Å². The highest BCUT2D eigenvalue weighted by molar-refractivity contribution is 5.94. The first kappa shape index (κ1) is 18.3. The lowest BCUT2D eigenvalue weighted by atomic mass is 9.90. The van der Waals surface area contributed by atoms with E-state index in [-0.39, 0.29) is 17.7 Å². The molecule has 136 valence electrons. The summed E-state index contributed by atoms with van der Waals surface area (Å²) in [7, 11) is 0. The van der Waals surface area contributed by atoms with Gasteiger partial charge in [-0.2, -0.15) is 0 Å². The van der Waals surface area contributed by atoms with Gasteiger partial charge in [-0.05, 0) is 23.3 Å². The van der Waals surface area contributed by atoms with Crippen molar-refractivity contribution in [2.45, 2.75) is 5.92 Å². The van der Waals surface area contributed by atoms with Gasteiger partial charge >= 0.3 is 0 Å². The van der Waals surface area contributed by atoms with Crippen LogP contribution in [0.4, 0.5) is 0 Å². The lowest BCUT2D eigenvalue weighted by molar-refractivity contribution is -0.121. The van der Waals surface area contributed by atoms with Crippen LogP contribution in [0.25, 0.3) is 0 Å². The van der Waals surface area contributed by atoms with E-state index < -0.39 is 0 Å². The van der Waals surface area contributed by atoms with Crippen LogP contribution >= 0.6 is 0 Å². The standard InChI is InChI=1S/C22H21N3O2/c26-21(19-11-13-23-14-12-19)24-15-16-25-22(27)20(17-7-3-1-4-8-17)18-9-5-2-6-10-18/h1-14,20H,15-16H2,(H,24,26)(H,25,27). The third-order valence-corrected chi connectivity index (χ3v) is 4.18. The van der Waals surface area contributed by atoms with Crippen LogP contribution in [0.1, 0.15) is 27.4 Å². The minimum absolute atomic E-state index is 0.0921. The van der Waals surface area contributed by atoms with Crippen LogP contribution in [-0.2, 0) is 4.79 Å². The maximum absolute atomic E-state index is 12.8. The third kappa shape index (κ3) is 5.01. The van der Waals surface area contributed by atoms with Gasteiger partial charge in [0.15, 0.2) is 0 Å². The first-order valence-electron chi connectivity index (χ1n) is 8.81. The van der Waals surface area contributed by atoms with Gasteiger partial charge in [0.25, 0.3) is 5.91 Å². The second-order valence-electron chi connectivity index (χ2n) is 6.04. The lowest BCUT2D eigenvalue weighted by Gasteiger charge is -2.18. The Morgan fingerprint density at radius 3 is 1.81 bits per heavy atom. The van der Waals surface area contributed by atoms with Crippen molar-refractivity contribution in [1.82, 2.24) is 15.6 Å². The van der Waals surface area contributed by atoms with Gasteiger partial charge in [0.05, 0.1) is 5.92 Å². The van der Waals surface area contributed by atoms with E-state index >= 15 is 0 Å². The molecule has 0 saturated heterocycles. The second-order valence-corrected chi connectivity index (χ2v) is 6.04. The normalized spacial score (nSPS) is 10.4. The van der Waals surface area contributed by atoms with Crippen molar-refractivity contribution in [3.63, 3.8) is 0 Å². The first-order chi connectivity index (χ1) is 13.3. The number of nitrogens with one attached hydrogen (secondary N) is 2. The lowest BCUT2D eigenvalue weighted by Crippen LogP contribution is -2.37. The summed E-state index contributed by atoms with van der Waals surface area (Å²) in [5.41, 5.74) is 2.41. The van der Waals surface area contributed by atoms with Crippen molar-refractivity contribution < 1.29 is 9.59 Å². The Morgan fingerprint density at radius 2 is 1.26 bits per heavy atom. The molecule has 0 aliphatic heterocycles. The van der Waals surface area contributed by atoms with Crippen molar-refractivity contribution in [1.29, 1.82) is 0 Å². The van der Waals surface area contributed by atoms with Crippen LogP contribution in [0.3, 0.4) is 0 Å². The van der Waals surface area contributed by atoms with Gasteiger partial charge in [-0.1, -0.05) is 60.7 Å². The monoisotopic (exact) mass is 359 g/mol. The summed E-state index contributed by atoms with van der Waals surface area (Å²) in [6, 6.07) is 22.6. The third-order valence-electron chi connectivity index (χ3n) is 4.18. The van der Waals surface area contributed by atoms with Crippen molar-refractivity contribution in [2.24, 2.45) is 0 Å². The fourth-order valence-electron chi connectivity index (χ4n) is 2.86. The summed E-state index contributed by atoms with van der Waals surface area (Å²) in [5.74, 6) is -0.664. The van der Waals surface area contributed by atoms with Crippen LogP contribution in [0, 0.1) is 0 Å². The van der Waals surface area contributed by atoms with E-state index in [0.29, 0.717) is 18.7 Å². The fourth-order valence-corrected chi connectivity index (χ4v) is 2.86. The zero-order valence-electron chi connectivity index (χ0n) is 14.8. The van der Waals surface area contributed by atoms with E-state index in [4.69, 9.17) is 0 Å². The molecule has 3 rings (SSSR count). The smallest absolute Gasteiger partial charge is 0.251 e. The zero-order chi connectivity index (χ0) is 18.9. The number of hydrogen-bond donors (Lipinski definition) is 2. The Balaban J connectivity index is 1.59. The molecule has 0 radical (unpaired) electrons. The minimum Gasteiger partial charge on any atom is -0.354 e. The maximum Gasteiger partial charge on any atom is 0.251 e. The quantitative estimate of drug-likeness (QED) is 0.637. The Morgan fingerprint density at radius 1 is 0.741 bits per heavy atom. The minimum atomic E-state index is -0.386. The molecule has 0 aliphatic carbocycles. The predicted molar refractivity (Wildman–Crippen MR) is 104 cm³/mol.